The second-order valence-electron chi connectivity index (χ2n) is 7.07. The molecule has 1 atom stereocenters. The zero-order chi connectivity index (χ0) is 18.1. The van der Waals surface area contributed by atoms with Crippen molar-refractivity contribution in [2.75, 3.05) is 6.61 Å². The van der Waals surface area contributed by atoms with Gasteiger partial charge in [0, 0.05) is 6.61 Å². The molecule has 0 aromatic heterocycles. The van der Waals surface area contributed by atoms with Crippen molar-refractivity contribution < 1.29 is 24.5 Å². The number of benzene rings is 1. The molecule has 0 radical (unpaired) electrons. The number of hydrogen-bond acceptors (Lipinski definition) is 3. The standard InChI is InChI=1S/C20H28O5/c21-18(22)17(14-20(19(23)24)11-5-6-12-20)10-4-7-13-25-15-16-8-2-1-3-9-16/h1-3,8-9,17H,4-7,10-15H2,(H,21,22)(H,23,24)/t17-/m1/s1. The fourth-order valence-corrected chi connectivity index (χ4v) is 3.70. The Labute approximate surface area is 149 Å². The summed E-state index contributed by atoms with van der Waals surface area (Å²) in [6, 6.07) is 9.92. The van der Waals surface area contributed by atoms with Gasteiger partial charge in [-0.15, -0.1) is 0 Å². The van der Waals surface area contributed by atoms with Crippen LogP contribution in [0.25, 0.3) is 0 Å². The van der Waals surface area contributed by atoms with Crippen molar-refractivity contribution in [1.82, 2.24) is 0 Å². The second kappa shape index (κ2) is 9.56. The molecule has 1 aliphatic rings. The average molecular weight is 348 g/mol. The van der Waals surface area contributed by atoms with Crippen LogP contribution >= 0.6 is 0 Å². The summed E-state index contributed by atoms with van der Waals surface area (Å²) in [6.45, 7) is 1.15. The smallest absolute Gasteiger partial charge is 0.309 e. The first kappa shape index (κ1) is 19.4. The van der Waals surface area contributed by atoms with E-state index >= 15 is 0 Å². The first-order chi connectivity index (χ1) is 12.0. The molecule has 1 aliphatic carbocycles. The number of unbranched alkanes of at least 4 members (excludes halogenated alkanes) is 1. The topological polar surface area (TPSA) is 83.8 Å². The van der Waals surface area contributed by atoms with Crippen molar-refractivity contribution in [2.45, 2.75) is 58.0 Å². The maximum atomic E-state index is 11.6. The predicted molar refractivity (Wildman–Crippen MR) is 94.2 cm³/mol. The van der Waals surface area contributed by atoms with Crippen LogP contribution < -0.4 is 0 Å². The van der Waals surface area contributed by atoms with Crippen LogP contribution in [-0.2, 0) is 20.9 Å². The lowest BCUT2D eigenvalue weighted by atomic mass is 9.76. The van der Waals surface area contributed by atoms with Crippen molar-refractivity contribution in [1.29, 1.82) is 0 Å². The molecule has 0 saturated heterocycles. The number of carboxylic acids is 2. The van der Waals surface area contributed by atoms with Gasteiger partial charge in [0.25, 0.3) is 0 Å². The Morgan fingerprint density at radius 2 is 1.76 bits per heavy atom. The minimum atomic E-state index is -0.877. The molecule has 0 bridgehead atoms. The van der Waals surface area contributed by atoms with Crippen LogP contribution in [0.15, 0.2) is 30.3 Å². The fourth-order valence-electron chi connectivity index (χ4n) is 3.70. The fraction of sp³-hybridized carbons (Fsp3) is 0.600. The Morgan fingerprint density at radius 1 is 1.08 bits per heavy atom. The Bertz CT molecular complexity index is 548. The van der Waals surface area contributed by atoms with Crippen LogP contribution in [0.1, 0.15) is 56.9 Å². The molecule has 1 fully saturated rings. The van der Waals surface area contributed by atoms with Gasteiger partial charge in [0.1, 0.15) is 0 Å². The molecule has 5 nitrogen and oxygen atoms in total. The van der Waals surface area contributed by atoms with Crippen LogP contribution in [0.2, 0.25) is 0 Å². The van der Waals surface area contributed by atoms with Gasteiger partial charge < -0.3 is 14.9 Å². The van der Waals surface area contributed by atoms with Gasteiger partial charge in [-0.2, -0.15) is 0 Å². The van der Waals surface area contributed by atoms with E-state index in [-0.39, 0.29) is 6.42 Å². The summed E-state index contributed by atoms with van der Waals surface area (Å²) in [5.74, 6) is -2.29. The number of hydrogen-bond donors (Lipinski definition) is 2. The molecule has 5 heteroatoms. The van der Waals surface area contributed by atoms with Crippen LogP contribution in [0, 0.1) is 11.3 Å². The van der Waals surface area contributed by atoms with Crippen LogP contribution in [-0.4, -0.2) is 28.8 Å². The van der Waals surface area contributed by atoms with Crippen LogP contribution in [0.4, 0.5) is 0 Å². The molecule has 0 unspecified atom stereocenters. The molecule has 0 aliphatic heterocycles. The number of carbonyl (C=O) groups is 2. The Kier molecular flexibility index (Phi) is 7.44. The van der Waals surface area contributed by atoms with E-state index in [1.54, 1.807) is 0 Å². The van der Waals surface area contributed by atoms with Gasteiger partial charge in [-0.25, -0.2) is 0 Å². The molecule has 1 saturated carbocycles. The predicted octanol–water partition coefficient (Wildman–Crippen LogP) is 4.11. The van der Waals surface area contributed by atoms with Crippen LogP contribution in [0.5, 0.6) is 0 Å². The first-order valence-electron chi connectivity index (χ1n) is 9.11. The highest BCUT2D eigenvalue weighted by Gasteiger charge is 2.44. The normalized spacial score (nSPS) is 17.3. The molecule has 0 amide bonds. The number of ether oxygens (including phenoxy) is 1. The first-order valence-corrected chi connectivity index (χ1v) is 9.11. The van der Waals surface area contributed by atoms with Gasteiger partial charge in [0.05, 0.1) is 17.9 Å². The minimum Gasteiger partial charge on any atom is -0.481 e. The molecule has 25 heavy (non-hydrogen) atoms. The highest BCUT2D eigenvalue weighted by atomic mass is 16.5. The minimum absolute atomic E-state index is 0.253. The maximum absolute atomic E-state index is 11.6. The summed E-state index contributed by atoms with van der Waals surface area (Å²) >= 11 is 0. The highest BCUT2D eigenvalue weighted by molar-refractivity contribution is 5.77. The van der Waals surface area contributed by atoms with Crippen molar-refractivity contribution >= 4 is 11.9 Å². The highest BCUT2D eigenvalue weighted by Crippen LogP contribution is 2.44. The molecule has 138 valence electrons. The van der Waals surface area contributed by atoms with E-state index in [4.69, 9.17) is 4.74 Å². The van der Waals surface area contributed by atoms with Gasteiger partial charge in [0.15, 0.2) is 0 Å². The summed E-state index contributed by atoms with van der Waals surface area (Å²) in [5, 5.41) is 19.0. The van der Waals surface area contributed by atoms with Gasteiger partial charge in [-0.3, -0.25) is 9.59 Å². The SMILES string of the molecule is O=C(O)[C@H](CCCCOCc1ccccc1)CC1(C(=O)O)CCCC1. The summed E-state index contributed by atoms with van der Waals surface area (Å²) in [7, 11) is 0. The molecule has 1 aromatic carbocycles. The summed E-state index contributed by atoms with van der Waals surface area (Å²) in [5.41, 5.74) is 0.294. The van der Waals surface area contributed by atoms with Crippen molar-refractivity contribution in [3.8, 4) is 0 Å². The van der Waals surface area contributed by atoms with Crippen molar-refractivity contribution in [3.05, 3.63) is 35.9 Å². The van der Waals surface area contributed by atoms with Gasteiger partial charge in [-0.1, -0.05) is 49.6 Å². The van der Waals surface area contributed by atoms with Crippen molar-refractivity contribution in [3.63, 3.8) is 0 Å². The van der Waals surface area contributed by atoms with E-state index in [1.807, 2.05) is 30.3 Å². The molecular formula is C20H28O5. The van der Waals surface area contributed by atoms with Gasteiger partial charge in [0.2, 0.25) is 0 Å². The lowest BCUT2D eigenvalue weighted by Crippen LogP contribution is -2.32. The van der Waals surface area contributed by atoms with Crippen LogP contribution in [0.3, 0.4) is 0 Å². The quantitative estimate of drug-likeness (QED) is 0.588. The molecule has 0 heterocycles. The zero-order valence-corrected chi connectivity index (χ0v) is 14.7. The third kappa shape index (κ3) is 5.85. The molecule has 0 spiro atoms. The third-order valence-electron chi connectivity index (χ3n) is 5.20. The third-order valence-corrected chi connectivity index (χ3v) is 5.20. The van der Waals surface area contributed by atoms with E-state index < -0.39 is 23.3 Å². The lowest BCUT2D eigenvalue weighted by Gasteiger charge is -2.27. The molecule has 2 rings (SSSR count). The Balaban J connectivity index is 1.71. The summed E-state index contributed by atoms with van der Waals surface area (Å²) < 4.78 is 5.61. The lowest BCUT2D eigenvalue weighted by molar-refractivity contribution is -0.152. The molecular weight excluding hydrogens is 320 g/mol. The Morgan fingerprint density at radius 3 is 2.36 bits per heavy atom. The van der Waals surface area contributed by atoms with E-state index in [9.17, 15) is 19.8 Å². The average Bonchev–Trinajstić information content (AvgIpc) is 3.07. The van der Waals surface area contributed by atoms with Gasteiger partial charge >= 0.3 is 11.9 Å². The Hall–Kier alpha value is -1.88. The maximum Gasteiger partial charge on any atom is 0.309 e. The monoisotopic (exact) mass is 348 g/mol. The second-order valence-corrected chi connectivity index (χ2v) is 7.07. The molecule has 2 N–H and O–H groups in total. The number of rotatable bonds is 11. The largest absolute Gasteiger partial charge is 0.481 e. The van der Waals surface area contributed by atoms with E-state index in [0.29, 0.717) is 32.5 Å². The zero-order valence-electron chi connectivity index (χ0n) is 14.7. The number of aliphatic carboxylic acids is 2. The summed E-state index contributed by atoms with van der Waals surface area (Å²) in [6.07, 6.45) is 5.26. The number of carboxylic acid groups (broad SMARTS) is 2. The summed E-state index contributed by atoms with van der Waals surface area (Å²) in [4.78, 5) is 23.2. The van der Waals surface area contributed by atoms with Gasteiger partial charge in [-0.05, 0) is 37.7 Å². The molecule has 1 aromatic rings. The van der Waals surface area contributed by atoms with E-state index in [2.05, 4.69) is 0 Å². The van der Waals surface area contributed by atoms with Crippen molar-refractivity contribution in [2.24, 2.45) is 11.3 Å². The van der Waals surface area contributed by atoms with E-state index in [0.717, 1.165) is 31.2 Å². The van der Waals surface area contributed by atoms with E-state index in [1.165, 1.54) is 0 Å².